The Labute approximate surface area is 219 Å². The largest absolute Gasteiger partial charge is 0.403 e. The van der Waals surface area contributed by atoms with E-state index in [2.05, 4.69) is 53.3 Å². The number of hydrogen-bond acceptors (Lipinski definition) is 8. The summed E-state index contributed by atoms with van der Waals surface area (Å²) in [6.45, 7) is 4.10. The first-order valence-electron chi connectivity index (χ1n) is 13.1. The SMILES string of the molecule is CC(/C=C\C(=C/N)N1CCC(N(C)C)CC1)Nc1ncc2sc(C(=O)N(C)C)c(C3CCCC3)c2n1. The number of piperidine rings is 1. The second kappa shape index (κ2) is 11.6. The molecule has 4 rings (SSSR count). The van der Waals surface area contributed by atoms with Crippen molar-refractivity contribution in [1.82, 2.24) is 24.7 Å². The first kappa shape index (κ1) is 26.4. The second-order valence-corrected chi connectivity index (χ2v) is 11.5. The first-order chi connectivity index (χ1) is 17.3. The lowest BCUT2D eigenvalue weighted by molar-refractivity contribution is 0.0831. The van der Waals surface area contributed by atoms with E-state index in [1.165, 1.54) is 24.2 Å². The summed E-state index contributed by atoms with van der Waals surface area (Å²) in [7, 11) is 7.93. The fourth-order valence-electron chi connectivity index (χ4n) is 5.34. The third-order valence-corrected chi connectivity index (χ3v) is 8.59. The molecule has 8 nitrogen and oxygen atoms in total. The van der Waals surface area contributed by atoms with Gasteiger partial charge in [-0.1, -0.05) is 18.9 Å². The summed E-state index contributed by atoms with van der Waals surface area (Å²) < 4.78 is 0.977. The average Bonchev–Trinajstić information content (AvgIpc) is 3.51. The first-order valence-corrected chi connectivity index (χ1v) is 13.9. The van der Waals surface area contributed by atoms with Crippen molar-refractivity contribution in [3.05, 3.63) is 40.7 Å². The molecule has 0 radical (unpaired) electrons. The maximum absolute atomic E-state index is 13.0. The Kier molecular flexibility index (Phi) is 8.51. The number of fused-ring (bicyclic) bond motifs is 1. The van der Waals surface area contributed by atoms with E-state index in [9.17, 15) is 4.79 Å². The van der Waals surface area contributed by atoms with Crippen LogP contribution in [0.25, 0.3) is 10.2 Å². The highest BCUT2D eigenvalue weighted by molar-refractivity contribution is 7.21. The standard InChI is InChI=1S/C27H41N7OS/c1-18(10-11-21(16-28)34-14-12-20(13-15-34)32(2)3)30-27-29-17-22-24(31-27)23(19-8-6-7-9-19)25(36-22)26(35)33(4)5/h10-11,16-20H,6-9,12-15,28H2,1-5H3,(H,29,30,31)/b11-10-,21-16+. The average molecular weight is 512 g/mol. The van der Waals surface area contributed by atoms with Gasteiger partial charge in [0, 0.05) is 51.0 Å². The predicted octanol–water partition coefficient (Wildman–Crippen LogP) is 4.23. The van der Waals surface area contributed by atoms with Crippen LogP contribution in [-0.4, -0.2) is 83.9 Å². The van der Waals surface area contributed by atoms with E-state index < -0.39 is 0 Å². The van der Waals surface area contributed by atoms with E-state index in [-0.39, 0.29) is 11.9 Å². The summed E-state index contributed by atoms with van der Waals surface area (Å²) in [5.74, 6) is 1.04. The molecule has 2 aromatic rings. The van der Waals surface area contributed by atoms with E-state index in [0.717, 1.165) is 65.1 Å². The number of nitrogens with zero attached hydrogens (tertiary/aromatic N) is 5. The van der Waals surface area contributed by atoms with Crippen LogP contribution in [0.15, 0.2) is 30.2 Å². The van der Waals surface area contributed by atoms with Crippen molar-refractivity contribution in [3.63, 3.8) is 0 Å². The number of allylic oxidation sites excluding steroid dienone is 1. The minimum atomic E-state index is 0.0214. The van der Waals surface area contributed by atoms with E-state index >= 15 is 0 Å². The van der Waals surface area contributed by atoms with Gasteiger partial charge in [0.25, 0.3) is 5.91 Å². The number of nitrogens with one attached hydrogen (secondary N) is 1. The van der Waals surface area contributed by atoms with Crippen LogP contribution < -0.4 is 11.1 Å². The third kappa shape index (κ3) is 5.83. The number of rotatable bonds is 8. The van der Waals surface area contributed by atoms with E-state index in [0.29, 0.717) is 17.9 Å². The van der Waals surface area contributed by atoms with Gasteiger partial charge in [-0.3, -0.25) is 4.79 Å². The maximum Gasteiger partial charge on any atom is 0.263 e. The van der Waals surface area contributed by atoms with Crippen LogP contribution >= 0.6 is 11.3 Å². The summed E-state index contributed by atoms with van der Waals surface area (Å²) in [6.07, 6.45) is 14.7. The Hall–Kier alpha value is -2.65. The number of aromatic nitrogens is 2. The van der Waals surface area contributed by atoms with Gasteiger partial charge in [0.1, 0.15) is 0 Å². The van der Waals surface area contributed by atoms with Gasteiger partial charge in [0.2, 0.25) is 5.95 Å². The van der Waals surface area contributed by atoms with E-state index in [1.807, 2.05) is 20.3 Å². The minimum absolute atomic E-state index is 0.0214. The summed E-state index contributed by atoms with van der Waals surface area (Å²) >= 11 is 1.52. The predicted molar refractivity (Wildman–Crippen MR) is 149 cm³/mol. The van der Waals surface area contributed by atoms with Crippen molar-refractivity contribution < 1.29 is 4.79 Å². The number of carbonyl (C=O) groups is 1. The summed E-state index contributed by atoms with van der Waals surface area (Å²) in [5, 5.41) is 3.42. The summed E-state index contributed by atoms with van der Waals surface area (Å²) in [6, 6.07) is 0.657. The lowest BCUT2D eigenvalue weighted by Gasteiger charge is -2.36. The Morgan fingerprint density at radius 2 is 1.89 bits per heavy atom. The molecule has 3 heterocycles. The molecule has 2 aromatic heterocycles. The molecule has 1 unspecified atom stereocenters. The zero-order chi connectivity index (χ0) is 25.8. The van der Waals surface area contributed by atoms with E-state index in [4.69, 9.17) is 10.7 Å². The fourth-order valence-corrected chi connectivity index (χ4v) is 6.56. The fraction of sp³-hybridized carbons (Fsp3) is 0.593. The normalized spacial score (nSPS) is 19.1. The molecule has 0 spiro atoms. The van der Waals surface area contributed by atoms with Gasteiger partial charge in [-0.15, -0.1) is 11.3 Å². The van der Waals surface area contributed by atoms with Gasteiger partial charge in [-0.25, -0.2) is 9.97 Å². The minimum Gasteiger partial charge on any atom is -0.403 e. The van der Waals surface area contributed by atoms with Gasteiger partial charge in [0.15, 0.2) is 0 Å². The van der Waals surface area contributed by atoms with Crippen LogP contribution in [0, 0.1) is 0 Å². The van der Waals surface area contributed by atoms with Crippen LogP contribution in [0.3, 0.4) is 0 Å². The lowest BCUT2D eigenvalue weighted by atomic mass is 9.96. The molecule has 1 saturated heterocycles. The molecule has 9 heteroatoms. The number of thiophene rings is 1. The molecule has 0 bridgehead atoms. The third-order valence-electron chi connectivity index (χ3n) is 7.47. The number of carbonyl (C=O) groups excluding carboxylic acids is 1. The van der Waals surface area contributed by atoms with Crippen LogP contribution in [0.1, 0.15) is 66.6 Å². The quantitative estimate of drug-likeness (QED) is 0.513. The molecular formula is C27H41N7OS. The van der Waals surface area contributed by atoms with Crippen molar-refractivity contribution >= 4 is 33.4 Å². The molecule has 0 aromatic carbocycles. The number of amides is 1. The van der Waals surface area contributed by atoms with Crippen molar-refractivity contribution in [2.24, 2.45) is 5.73 Å². The second-order valence-electron chi connectivity index (χ2n) is 10.5. The van der Waals surface area contributed by atoms with Crippen molar-refractivity contribution in [2.45, 2.75) is 63.5 Å². The molecule has 1 amide bonds. The molecule has 1 atom stereocenters. The highest BCUT2D eigenvalue weighted by Crippen LogP contribution is 2.43. The van der Waals surface area contributed by atoms with Crippen molar-refractivity contribution in [1.29, 1.82) is 0 Å². The molecule has 2 aliphatic rings. The molecular weight excluding hydrogens is 470 g/mol. The number of hydrogen-bond donors (Lipinski definition) is 2. The number of likely N-dealkylation sites (tertiary alicyclic amines) is 1. The Balaban J connectivity index is 1.49. The zero-order valence-corrected chi connectivity index (χ0v) is 23.1. The van der Waals surface area contributed by atoms with Gasteiger partial charge in [0.05, 0.1) is 27.0 Å². The highest BCUT2D eigenvalue weighted by Gasteiger charge is 2.29. The summed E-state index contributed by atoms with van der Waals surface area (Å²) in [4.78, 5) is 29.6. The smallest absolute Gasteiger partial charge is 0.263 e. The highest BCUT2D eigenvalue weighted by atomic mass is 32.1. The van der Waals surface area contributed by atoms with E-state index in [1.54, 1.807) is 11.1 Å². The lowest BCUT2D eigenvalue weighted by Crippen LogP contribution is -2.41. The van der Waals surface area contributed by atoms with Crippen LogP contribution in [-0.2, 0) is 0 Å². The molecule has 1 saturated carbocycles. The monoisotopic (exact) mass is 511 g/mol. The molecule has 1 aliphatic carbocycles. The Bertz CT molecular complexity index is 1110. The zero-order valence-electron chi connectivity index (χ0n) is 22.3. The summed E-state index contributed by atoms with van der Waals surface area (Å²) in [5.41, 5.74) is 9.08. The topological polar surface area (TPSA) is 90.6 Å². The van der Waals surface area contributed by atoms with Crippen LogP contribution in [0.4, 0.5) is 5.95 Å². The molecule has 2 fully saturated rings. The van der Waals surface area contributed by atoms with Gasteiger partial charge in [-0.05, 0) is 58.7 Å². The maximum atomic E-state index is 13.0. The van der Waals surface area contributed by atoms with Gasteiger partial charge < -0.3 is 25.8 Å². The molecule has 3 N–H and O–H groups in total. The van der Waals surface area contributed by atoms with Crippen LogP contribution in [0.2, 0.25) is 0 Å². The van der Waals surface area contributed by atoms with Crippen molar-refractivity contribution in [2.75, 3.05) is 46.6 Å². The number of anilines is 1. The molecule has 196 valence electrons. The Morgan fingerprint density at radius 1 is 1.19 bits per heavy atom. The van der Waals surface area contributed by atoms with Crippen LogP contribution in [0.5, 0.6) is 0 Å². The van der Waals surface area contributed by atoms with Gasteiger partial charge >= 0.3 is 0 Å². The molecule has 1 aliphatic heterocycles. The molecule has 36 heavy (non-hydrogen) atoms. The van der Waals surface area contributed by atoms with Crippen molar-refractivity contribution in [3.8, 4) is 0 Å². The number of nitrogens with two attached hydrogens (primary N) is 1. The Morgan fingerprint density at radius 3 is 2.50 bits per heavy atom. The van der Waals surface area contributed by atoms with Gasteiger partial charge in [-0.2, -0.15) is 0 Å².